The van der Waals surface area contributed by atoms with Crippen LogP contribution in [0.4, 0.5) is 5.82 Å². The van der Waals surface area contributed by atoms with E-state index in [0.29, 0.717) is 0 Å². The Labute approximate surface area is 150 Å². The van der Waals surface area contributed by atoms with Crippen LogP contribution in [0, 0.1) is 0 Å². The molecule has 0 fully saturated rings. The maximum absolute atomic E-state index is 4.65. The van der Waals surface area contributed by atoms with Crippen molar-refractivity contribution in [1.82, 2.24) is 15.0 Å². The molecule has 0 saturated heterocycles. The standard InChI is InChI=1S/C18H20N4S2/c1-3-17-21-15(12-24-17)13(2)20-16-9-19-10-18(22-16)23-11-14-7-5-4-6-8-14/h4-10,12-13H,3,11H2,1-2H3,(H,20,22). The summed E-state index contributed by atoms with van der Waals surface area (Å²) in [4.78, 5) is 13.6. The zero-order chi connectivity index (χ0) is 16.8. The number of nitrogens with zero attached hydrogens (tertiary/aromatic N) is 3. The quantitative estimate of drug-likeness (QED) is 0.606. The molecule has 0 spiro atoms. The van der Waals surface area contributed by atoms with Crippen molar-refractivity contribution in [3.8, 4) is 0 Å². The molecule has 0 aliphatic heterocycles. The third kappa shape index (κ3) is 4.55. The molecule has 0 saturated carbocycles. The fourth-order valence-corrected chi connectivity index (χ4v) is 3.84. The molecular weight excluding hydrogens is 336 g/mol. The van der Waals surface area contributed by atoms with Gasteiger partial charge in [0.15, 0.2) is 0 Å². The highest BCUT2D eigenvalue weighted by Crippen LogP contribution is 2.24. The molecule has 3 rings (SSSR count). The molecule has 1 aromatic carbocycles. The van der Waals surface area contributed by atoms with Crippen molar-refractivity contribution in [3.63, 3.8) is 0 Å². The highest BCUT2D eigenvalue weighted by Gasteiger charge is 2.11. The van der Waals surface area contributed by atoms with Crippen LogP contribution < -0.4 is 5.32 Å². The molecule has 1 N–H and O–H groups in total. The van der Waals surface area contributed by atoms with Crippen LogP contribution >= 0.6 is 23.1 Å². The lowest BCUT2D eigenvalue weighted by Crippen LogP contribution is -2.09. The predicted octanol–water partition coefficient (Wildman–Crippen LogP) is 4.96. The van der Waals surface area contributed by atoms with Gasteiger partial charge in [0.2, 0.25) is 0 Å². The van der Waals surface area contributed by atoms with E-state index < -0.39 is 0 Å². The summed E-state index contributed by atoms with van der Waals surface area (Å²) >= 11 is 3.40. The van der Waals surface area contributed by atoms with Gasteiger partial charge >= 0.3 is 0 Å². The molecule has 0 bridgehead atoms. The average molecular weight is 357 g/mol. The topological polar surface area (TPSA) is 50.7 Å². The van der Waals surface area contributed by atoms with Gasteiger partial charge in [-0.1, -0.05) is 37.3 Å². The molecule has 1 unspecified atom stereocenters. The molecule has 0 radical (unpaired) electrons. The Hall–Kier alpha value is -1.92. The monoisotopic (exact) mass is 356 g/mol. The maximum Gasteiger partial charge on any atom is 0.146 e. The van der Waals surface area contributed by atoms with Gasteiger partial charge in [-0.05, 0) is 18.9 Å². The summed E-state index contributed by atoms with van der Waals surface area (Å²) in [7, 11) is 0. The van der Waals surface area contributed by atoms with E-state index in [1.807, 2.05) is 12.3 Å². The molecule has 24 heavy (non-hydrogen) atoms. The second-order valence-electron chi connectivity index (χ2n) is 5.40. The van der Waals surface area contributed by atoms with E-state index in [1.54, 1.807) is 29.3 Å². The minimum absolute atomic E-state index is 0.116. The molecule has 1 atom stereocenters. The molecular formula is C18H20N4S2. The van der Waals surface area contributed by atoms with Crippen LogP contribution in [0.25, 0.3) is 0 Å². The van der Waals surface area contributed by atoms with E-state index in [1.165, 1.54) is 5.56 Å². The van der Waals surface area contributed by atoms with Crippen molar-refractivity contribution < 1.29 is 0 Å². The largest absolute Gasteiger partial charge is 0.361 e. The van der Waals surface area contributed by atoms with E-state index in [2.05, 4.69) is 63.8 Å². The highest BCUT2D eigenvalue weighted by atomic mass is 32.2. The Morgan fingerprint density at radius 2 is 2.00 bits per heavy atom. The van der Waals surface area contributed by atoms with Crippen LogP contribution in [0.3, 0.4) is 0 Å². The van der Waals surface area contributed by atoms with Gasteiger partial charge in [-0.25, -0.2) is 9.97 Å². The van der Waals surface area contributed by atoms with Gasteiger partial charge in [0, 0.05) is 11.1 Å². The number of benzene rings is 1. The van der Waals surface area contributed by atoms with Crippen molar-refractivity contribution in [1.29, 1.82) is 0 Å². The van der Waals surface area contributed by atoms with Crippen molar-refractivity contribution in [2.24, 2.45) is 0 Å². The Bertz CT molecular complexity index is 773. The number of hydrogen-bond acceptors (Lipinski definition) is 6. The molecule has 6 heteroatoms. The van der Waals surface area contributed by atoms with Crippen LogP contribution in [0.2, 0.25) is 0 Å². The molecule has 2 heterocycles. The third-order valence-electron chi connectivity index (χ3n) is 3.52. The molecule has 124 valence electrons. The molecule has 2 aromatic heterocycles. The minimum atomic E-state index is 0.116. The number of aromatic nitrogens is 3. The normalized spacial score (nSPS) is 12.1. The van der Waals surface area contributed by atoms with Gasteiger partial charge in [0.25, 0.3) is 0 Å². The van der Waals surface area contributed by atoms with Gasteiger partial charge in [0.05, 0.1) is 29.1 Å². The first kappa shape index (κ1) is 16.9. The van der Waals surface area contributed by atoms with Crippen molar-refractivity contribution in [2.75, 3.05) is 5.32 Å². The highest BCUT2D eigenvalue weighted by molar-refractivity contribution is 7.98. The maximum atomic E-state index is 4.65. The van der Waals surface area contributed by atoms with E-state index in [-0.39, 0.29) is 6.04 Å². The number of thiazole rings is 1. The second kappa shape index (κ2) is 8.26. The fraction of sp³-hybridized carbons (Fsp3) is 0.278. The molecule has 4 nitrogen and oxygen atoms in total. The number of rotatable bonds is 7. The van der Waals surface area contributed by atoms with E-state index in [9.17, 15) is 0 Å². The average Bonchev–Trinajstić information content (AvgIpc) is 3.11. The molecule has 3 aromatic rings. The zero-order valence-electron chi connectivity index (χ0n) is 13.8. The summed E-state index contributed by atoms with van der Waals surface area (Å²) in [6.45, 7) is 4.22. The van der Waals surface area contributed by atoms with Crippen molar-refractivity contribution >= 4 is 28.9 Å². The summed E-state index contributed by atoms with van der Waals surface area (Å²) in [6, 6.07) is 10.5. The van der Waals surface area contributed by atoms with Crippen LogP contribution in [0.5, 0.6) is 0 Å². The number of thioether (sulfide) groups is 1. The minimum Gasteiger partial charge on any atom is -0.361 e. The van der Waals surface area contributed by atoms with E-state index in [4.69, 9.17) is 0 Å². The number of nitrogens with one attached hydrogen (secondary N) is 1. The first-order chi connectivity index (χ1) is 11.7. The first-order valence-electron chi connectivity index (χ1n) is 7.94. The van der Waals surface area contributed by atoms with Crippen LogP contribution in [0.15, 0.2) is 53.1 Å². The molecule has 0 amide bonds. The number of hydrogen-bond donors (Lipinski definition) is 1. The second-order valence-corrected chi connectivity index (χ2v) is 7.34. The van der Waals surface area contributed by atoms with Crippen LogP contribution in [0.1, 0.15) is 36.2 Å². The van der Waals surface area contributed by atoms with Gasteiger partial charge in [-0.15, -0.1) is 23.1 Å². The SMILES string of the molecule is CCc1nc(C(C)Nc2cncc(SCc3ccccc3)n2)cs1. The van der Waals surface area contributed by atoms with Gasteiger partial charge in [0.1, 0.15) is 10.8 Å². The smallest absolute Gasteiger partial charge is 0.146 e. The molecule has 0 aliphatic rings. The summed E-state index contributed by atoms with van der Waals surface area (Å²) in [5.41, 5.74) is 2.34. The Morgan fingerprint density at radius 1 is 1.17 bits per heavy atom. The number of anilines is 1. The van der Waals surface area contributed by atoms with E-state index in [0.717, 1.165) is 33.7 Å². The Kier molecular flexibility index (Phi) is 5.82. The zero-order valence-corrected chi connectivity index (χ0v) is 15.4. The van der Waals surface area contributed by atoms with Gasteiger partial charge < -0.3 is 5.32 Å². The van der Waals surface area contributed by atoms with Crippen molar-refractivity contribution in [3.05, 3.63) is 64.4 Å². The predicted molar refractivity (Wildman–Crippen MR) is 102 cm³/mol. The Morgan fingerprint density at radius 3 is 2.75 bits per heavy atom. The lowest BCUT2D eigenvalue weighted by molar-refractivity contribution is 0.824. The summed E-state index contributed by atoms with van der Waals surface area (Å²) in [5.74, 6) is 1.67. The number of aryl methyl sites for hydroxylation is 1. The van der Waals surface area contributed by atoms with E-state index >= 15 is 0 Å². The van der Waals surface area contributed by atoms with Crippen LogP contribution in [-0.2, 0) is 12.2 Å². The first-order valence-corrected chi connectivity index (χ1v) is 9.80. The van der Waals surface area contributed by atoms with Crippen LogP contribution in [-0.4, -0.2) is 15.0 Å². The summed E-state index contributed by atoms with van der Waals surface area (Å²) in [5, 5.41) is 7.58. The fourth-order valence-electron chi connectivity index (χ4n) is 2.20. The molecule has 0 aliphatic carbocycles. The lowest BCUT2D eigenvalue weighted by Gasteiger charge is -2.12. The van der Waals surface area contributed by atoms with Gasteiger partial charge in [-0.3, -0.25) is 4.98 Å². The van der Waals surface area contributed by atoms with Gasteiger partial charge in [-0.2, -0.15) is 0 Å². The summed E-state index contributed by atoms with van der Waals surface area (Å²) in [6.07, 6.45) is 4.54. The van der Waals surface area contributed by atoms with Crippen molar-refractivity contribution in [2.45, 2.75) is 37.1 Å². The third-order valence-corrected chi connectivity index (χ3v) is 5.50. The summed E-state index contributed by atoms with van der Waals surface area (Å²) < 4.78 is 0. The Balaban J connectivity index is 1.62. The lowest BCUT2D eigenvalue weighted by atomic mass is 10.2.